The fourth-order valence-corrected chi connectivity index (χ4v) is 3.50. The second-order valence-corrected chi connectivity index (χ2v) is 6.93. The molecule has 0 bridgehead atoms. The molecule has 1 amide bonds. The minimum atomic E-state index is -3.37. The quantitative estimate of drug-likeness (QED) is 0.875. The smallest absolute Gasteiger partial charge is 0.245 e. The lowest BCUT2D eigenvalue weighted by molar-refractivity contribution is -0.119. The van der Waals surface area contributed by atoms with Crippen LogP contribution in [0.4, 0.5) is 5.95 Å². The molecule has 1 atom stereocenters. The van der Waals surface area contributed by atoms with Gasteiger partial charge < -0.3 is 0 Å². The number of aryl methyl sites for hydroxylation is 2. The summed E-state index contributed by atoms with van der Waals surface area (Å²) in [6, 6.07) is 1.13. The van der Waals surface area contributed by atoms with E-state index in [1.807, 2.05) is 13.8 Å². The number of carbonyl (C=O) groups excluding carboxylic acids is 1. The first-order valence-corrected chi connectivity index (χ1v) is 8.22. The van der Waals surface area contributed by atoms with Gasteiger partial charge in [-0.2, -0.15) is 4.31 Å². The van der Waals surface area contributed by atoms with Crippen LogP contribution >= 0.6 is 0 Å². The van der Waals surface area contributed by atoms with Gasteiger partial charge in [0.15, 0.2) is 0 Å². The summed E-state index contributed by atoms with van der Waals surface area (Å²) < 4.78 is 24.5. The minimum absolute atomic E-state index is 0.216. The van der Waals surface area contributed by atoms with Crippen molar-refractivity contribution in [3.8, 4) is 0 Å². The van der Waals surface area contributed by atoms with Gasteiger partial charge in [-0.05, 0) is 32.8 Å². The molecule has 1 aliphatic rings. The molecule has 1 N–H and O–H groups in total. The van der Waals surface area contributed by atoms with Gasteiger partial charge in [-0.3, -0.25) is 10.1 Å². The highest BCUT2D eigenvalue weighted by Crippen LogP contribution is 2.21. The molecule has 0 saturated carbocycles. The van der Waals surface area contributed by atoms with Crippen molar-refractivity contribution in [2.45, 2.75) is 32.7 Å². The second-order valence-electron chi connectivity index (χ2n) is 5.00. The Hall–Kier alpha value is -1.54. The maximum atomic E-state index is 12.2. The first-order chi connectivity index (χ1) is 9.27. The van der Waals surface area contributed by atoms with Crippen molar-refractivity contribution in [2.75, 3.05) is 18.1 Å². The molecular weight excluding hydrogens is 280 g/mol. The molecule has 20 heavy (non-hydrogen) atoms. The van der Waals surface area contributed by atoms with E-state index >= 15 is 0 Å². The van der Waals surface area contributed by atoms with Crippen molar-refractivity contribution >= 4 is 21.9 Å². The first kappa shape index (κ1) is 14.9. The Labute approximate surface area is 118 Å². The highest BCUT2D eigenvalue weighted by Gasteiger charge is 2.36. The summed E-state index contributed by atoms with van der Waals surface area (Å²) in [5, 5.41) is 2.60. The van der Waals surface area contributed by atoms with Gasteiger partial charge >= 0.3 is 0 Å². The average molecular weight is 298 g/mol. The van der Waals surface area contributed by atoms with Gasteiger partial charge in [-0.1, -0.05) is 0 Å². The SMILES string of the molecule is Cc1cc(C)nc(NC(=O)C2CCCN2S(C)(=O)=O)n1. The van der Waals surface area contributed by atoms with Crippen LogP contribution in [0.2, 0.25) is 0 Å². The van der Waals surface area contributed by atoms with Crippen LogP contribution in [-0.2, 0) is 14.8 Å². The number of anilines is 1. The lowest BCUT2D eigenvalue weighted by atomic mass is 10.2. The molecular formula is C12H18N4O3S. The van der Waals surface area contributed by atoms with Crippen LogP contribution in [0, 0.1) is 13.8 Å². The summed E-state index contributed by atoms with van der Waals surface area (Å²) in [5.74, 6) is -0.161. The third-order valence-electron chi connectivity index (χ3n) is 3.15. The molecule has 1 saturated heterocycles. The number of sulfonamides is 1. The maximum absolute atomic E-state index is 12.2. The Morgan fingerprint density at radius 3 is 2.50 bits per heavy atom. The van der Waals surface area contributed by atoms with Gasteiger partial charge in [0, 0.05) is 17.9 Å². The van der Waals surface area contributed by atoms with E-state index in [1.165, 1.54) is 4.31 Å². The lowest BCUT2D eigenvalue weighted by Gasteiger charge is -2.20. The normalized spacial score (nSPS) is 20.1. The third-order valence-corrected chi connectivity index (χ3v) is 4.44. The van der Waals surface area contributed by atoms with Crippen LogP contribution in [0.1, 0.15) is 24.2 Å². The van der Waals surface area contributed by atoms with Crippen LogP contribution in [0.5, 0.6) is 0 Å². The summed E-state index contributed by atoms with van der Waals surface area (Å²) >= 11 is 0. The van der Waals surface area contributed by atoms with Crippen molar-refractivity contribution in [1.29, 1.82) is 0 Å². The van der Waals surface area contributed by atoms with E-state index in [0.29, 0.717) is 19.4 Å². The number of aromatic nitrogens is 2. The predicted octanol–water partition coefficient (Wildman–Crippen LogP) is 0.456. The fraction of sp³-hybridized carbons (Fsp3) is 0.583. The molecule has 1 aromatic heterocycles. The van der Waals surface area contributed by atoms with Crippen molar-refractivity contribution in [1.82, 2.24) is 14.3 Å². The molecule has 0 aromatic carbocycles. The molecule has 1 aliphatic heterocycles. The predicted molar refractivity (Wildman–Crippen MR) is 74.7 cm³/mol. The second kappa shape index (κ2) is 5.45. The van der Waals surface area contributed by atoms with E-state index < -0.39 is 16.1 Å². The molecule has 0 aliphatic carbocycles. The number of amides is 1. The van der Waals surface area contributed by atoms with Crippen molar-refractivity contribution in [2.24, 2.45) is 0 Å². The molecule has 1 aromatic rings. The van der Waals surface area contributed by atoms with Gasteiger partial charge in [0.05, 0.1) is 6.26 Å². The number of nitrogens with zero attached hydrogens (tertiary/aromatic N) is 3. The monoisotopic (exact) mass is 298 g/mol. The van der Waals surface area contributed by atoms with E-state index in [-0.39, 0.29) is 11.9 Å². The number of carbonyl (C=O) groups is 1. The molecule has 7 nitrogen and oxygen atoms in total. The van der Waals surface area contributed by atoms with Crippen molar-refractivity contribution in [3.05, 3.63) is 17.5 Å². The minimum Gasteiger partial charge on any atom is -0.293 e. The summed E-state index contributed by atoms with van der Waals surface area (Å²) in [6.07, 6.45) is 2.31. The summed E-state index contributed by atoms with van der Waals surface area (Å²) in [6.45, 7) is 4.00. The van der Waals surface area contributed by atoms with Gasteiger partial charge in [0.25, 0.3) is 0 Å². The topological polar surface area (TPSA) is 92.3 Å². The number of rotatable bonds is 3. The number of nitrogens with one attached hydrogen (secondary N) is 1. The molecule has 1 unspecified atom stereocenters. The van der Waals surface area contributed by atoms with Gasteiger partial charge in [0.2, 0.25) is 21.9 Å². The number of hydrogen-bond acceptors (Lipinski definition) is 5. The number of hydrogen-bond donors (Lipinski definition) is 1. The average Bonchev–Trinajstić information content (AvgIpc) is 2.75. The van der Waals surface area contributed by atoms with E-state index in [0.717, 1.165) is 17.6 Å². The van der Waals surface area contributed by atoms with Gasteiger partial charge in [-0.15, -0.1) is 0 Å². The van der Waals surface area contributed by atoms with Crippen molar-refractivity contribution < 1.29 is 13.2 Å². The van der Waals surface area contributed by atoms with E-state index in [9.17, 15) is 13.2 Å². The third kappa shape index (κ3) is 3.31. The zero-order valence-corrected chi connectivity index (χ0v) is 12.6. The lowest BCUT2D eigenvalue weighted by Crippen LogP contribution is -2.42. The molecule has 8 heteroatoms. The molecule has 110 valence electrons. The zero-order chi connectivity index (χ0) is 14.9. The molecule has 2 heterocycles. The zero-order valence-electron chi connectivity index (χ0n) is 11.8. The highest BCUT2D eigenvalue weighted by atomic mass is 32.2. The Morgan fingerprint density at radius 1 is 1.35 bits per heavy atom. The van der Waals surface area contributed by atoms with E-state index in [1.54, 1.807) is 6.07 Å². The van der Waals surface area contributed by atoms with Crippen LogP contribution in [0.15, 0.2) is 6.07 Å². The Balaban J connectivity index is 2.15. The highest BCUT2D eigenvalue weighted by molar-refractivity contribution is 7.88. The van der Waals surface area contributed by atoms with Crippen LogP contribution in [0.3, 0.4) is 0 Å². The van der Waals surface area contributed by atoms with Gasteiger partial charge in [-0.25, -0.2) is 18.4 Å². The molecule has 1 fully saturated rings. The maximum Gasteiger partial charge on any atom is 0.245 e. The van der Waals surface area contributed by atoms with Crippen LogP contribution in [-0.4, -0.2) is 47.4 Å². The Bertz CT molecular complexity index is 609. The summed E-state index contributed by atoms with van der Waals surface area (Å²) in [5.41, 5.74) is 1.50. The fourth-order valence-electron chi connectivity index (χ4n) is 2.37. The molecule has 2 rings (SSSR count). The standard InChI is InChI=1S/C12H18N4O3S/c1-8-7-9(2)14-12(13-8)15-11(17)10-5-4-6-16(10)20(3,18)19/h7,10H,4-6H2,1-3H3,(H,13,14,15,17). The first-order valence-electron chi connectivity index (χ1n) is 6.37. The van der Waals surface area contributed by atoms with Gasteiger partial charge in [0.1, 0.15) is 6.04 Å². The van der Waals surface area contributed by atoms with Crippen molar-refractivity contribution in [3.63, 3.8) is 0 Å². The molecule has 0 spiro atoms. The summed E-state index contributed by atoms with van der Waals surface area (Å²) in [7, 11) is -3.37. The van der Waals surface area contributed by atoms with E-state index in [2.05, 4.69) is 15.3 Å². The Morgan fingerprint density at radius 2 is 1.95 bits per heavy atom. The Kier molecular flexibility index (Phi) is 4.05. The van der Waals surface area contributed by atoms with Crippen LogP contribution < -0.4 is 5.32 Å². The molecule has 0 radical (unpaired) electrons. The van der Waals surface area contributed by atoms with Crippen LogP contribution in [0.25, 0.3) is 0 Å². The summed E-state index contributed by atoms with van der Waals surface area (Å²) in [4.78, 5) is 20.4. The van der Waals surface area contributed by atoms with E-state index in [4.69, 9.17) is 0 Å². The largest absolute Gasteiger partial charge is 0.293 e.